The van der Waals surface area contributed by atoms with Crippen LogP contribution in [0.3, 0.4) is 0 Å². The molecular weight excluding hydrogens is 518 g/mol. The van der Waals surface area contributed by atoms with Crippen molar-refractivity contribution in [3.05, 3.63) is 65.5 Å². The second kappa shape index (κ2) is 10.2. The lowest BCUT2D eigenvalue weighted by atomic mass is 10.1. The van der Waals surface area contributed by atoms with E-state index in [1.54, 1.807) is 32.4 Å². The van der Waals surface area contributed by atoms with Crippen LogP contribution >= 0.6 is 0 Å². The third-order valence-corrected chi connectivity index (χ3v) is 8.72. The molecule has 0 aliphatic rings. The van der Waals surface area contributed by atoms with Crippen LogP contribution in [0.5, 0.6) is 11.5 Å². The number of aromatic nitrogens is 3. The molecule has 194 valence electrons. The molecule has 0 fully saturated rings. The van der Waals surface area contributed by atoms with Crippen LogP contribution < -0.4 is 20.5 Å². The molecule has 11 nitrogen and oxygen atoms in total. The first kappa shape index (κ1) is 26.1. The van der Waals surface area contributed by atoms with Crippen molar-refractivity contribution in [1.29, 1.82) is 0 Å². The molecule has 13 heteroatoms. The maximum absolute atomic E-state index is 13.8. The molecule has 1 atom stereocenters. The average Bonchev–Trinajstić information content (AvgIpc) is 3.26. The number of urea groups is 1. The number of imidazole rings is 1. The Balaban J connectivity index is 1.85. The number of anilines is 1. The predicted molar refractivity (Wildman–Crippen MR) is 139 cm³/mol. The number of amides is 2. The lowest BCUT2D eigenvalue weighted by Gasteiger charge is -2.13. The zero-order chi connectivity index (χ0) is 26.9. The topological polar surface area (TPSA) is 156 Å². The highest BCUT2D eigenvalue weighted by Crippen LogP contribution is 2.30. The highest BCUT2D eigenvalue weighted by Gasteiger charge is 2.28. The molecular formula is C24H25N5O6S2. The van der Waals surface area contributed by atoms with Gasteiger partial charge in [-0.15, -0.1) is 0 Å². The van der Waals surface area contributed by atoms with Crippen molar-refractivity contribution >= 4 is 43.6 Å². The first-order chi connectivity index (χ1) is 17.6. The quantitative estimate of drug-likeness (QED) is 0.343. The van der Waals surface area contributed by atoms with Crippen molar-refractivity contribution < 1.29 is 26.9 Å². The Kier molecular flexibility index (Phi) is 7.18. The van der Waals surface area contributed by atoms with Gasteiger partial charge in [0.15, 0.2) is 0 Å². The Labute approximate surface area is 216 Å². The number of carbonyl (C=O) groups is 1. The second-order valence-electron chi connectivity index (χ2n) is 8.07. The van der Waals surface area contributed by atoms with Crippen molar-refractivity contribution in [3.8, 4) is 11.5 Å². The van der Waals surface area contributed by atoms with Crippen molar-refractivity contribution in [2.24, 2.45) is 5.73 Å². The summed E-state index contributed by atoms with van der Waals surface area (Å²) in [4.78, 5) is 19.8. The molecule has 2 amide bonds. The number of benzene rings is 2. The SMILES string of the molecule is COc1ccc2nc(S(=O)Cc3ncc(C)c(OC)c3C)n(S(=O)(=O)c3ccc(NC(N)=O)cc3)c2c1. The van der Waals surface area contributed by atoms with Crippen LogP contribution in [0.25, 0.3) is 11.0 Å². The Morgan fingerprint density at radius 1 is 1.11 bits per heavy atom. The molecule has 0 saturated heterocycles. The Morgan fingerprint density at radius 2 is 1.81 bits per heavy atom. The van der Waals surface area contributed by atoms with E-state index in [1.165, 1.54) is 37.4 Å². The maximum atomic E-state index is 13.8. The fraction of sp³-hybridized carbons (Fsp3) is 0.208. The van der Waals surface area contributed by atoms with Crippen molar-refractivity contribution in [2.75, 3.05) is 19.5 Å². The Bertz CT molecular complexity index is 1630. The van der Waals surface area contributed by atoms with E-state index in [2.05, 4.69) is 15.3 Å². The van der Waals surface area contributed by atoms with Gasteiger partial charge in [-0.2, -0.15) is 0 Å². The summed E-state index contributed by atoms with van der Waals surface area (Å²) in [7, 11) is -3.18. The van der Waals surface area contributed by atoms with E-state index in [4.69, 9.17) is 15.2 Å². The van der Waals surface area contributed by atoms with E-state index in [0.29, 0.717) is 34.0 Å². The minimum atomic E-state index is -4.27. The molecule has 37 heavy (non-hydrogen) atoms. The van der Waals surface area contributed by atoms with Crippen LogP contribution in [0, 0.1) is 13.8 Å². The van der Waals surface area contributed by atoms with Gasteiger partial charge in [0.25, 0.3) is 10.0 Å². The molecule has 0 saturated carbocycles. The third-order valence-electron chi connectivity index (χ3n) is 5.67. The largest absolute Gasteiger partial charge is 0.497 e. The number of fused-ring (bicyclic) bond motifs is 1. The zero-order valence-electron chi connectivity index (χ0n) is 20.5. The maximum Gasteiger partial charge on any atom is 0.316 e. The molecule has 0 aliphatic heterocycles. The van der Waals surface area contributed by atoms with Gasteiger partial charge in [-0.3, -0.25) is 9.19 Å². The van der Waals surface area contributed by atoms with Crippen molar-refractivity contribution in [1.82, 2.24) is 13.9 Å². The van der Waals surface area contributed by atoms with Gasteiger partial charge in [-0.1, -0.05) is 0 Å². The number of nitrogens with two attached hydrogens (primary N) is 1. The number of nitrogens with zero attached hydrogens (tertiary/aromatic N) is 3. The van der Waals surface area contributed by atoms with E-state index < -0.39 is 26.9 Å². The van der Waals surface area contributed by atoms with E-state index in [-0.39, 0.29) is 21.3 Å². The van der Waals surface area contributed by atoms with E-state index in [9.17, 15) is 17.4 Å². The van der Waals surface area contributed by atoms with Crippen molar-refractivity contribution in [2.45, 2.75) is 29.7 Å². The summed E-state index contributed by atoms with van der Waals surface area (Å²) in [6, 6.07) is 9.41. The molecule has 4 aromatic rings. The number of nitrogens with one attached hydrogen (secondary N) is 1. The molecule has 0 bridgehead atoms. The fourth-order valence-corrected chi connectivity index (χ4v) is 6.92. The minimum absolute atomic E-state index is 0.0834. The van der Waals surface area contributed by atoms with E-state index >= 15 is 0 Å². The average molecular weight is 544 g/mol. The van der Waals surface area contributed by atoms with Crippen LogP contribution in [0.2, 0.25) is 0 Å². The smallest absolute Gasteiger partial charge is 0.316 e. The molecule has 2 aromatic carbocycles. The molecule has 4 rings (SSSR count). The summed E-state index contributed by atoms with van der Waals surface area (Å²) >= 11 is 0. The van der Waals surface area contributed by atoms with Crippen LogP contribution in [0.15, 0.2) is 58.7 Å². The normalized spacial score (nSPS) is 12.3. The molecule has 2 aromatic heterocycles. The number of pyridine rings is 1. The highest BCUT2D eigenvalue weighted by molar-refractivity contribution is 7.91. The number of methoxy groups -OCH3 is 2. The standard InChI is InChI=1S/C24H25N5O6S2/c1-14-12-26-20(15(2)22(14)35-4)13-36(31)24-28-19-10-7-17(34-3)11-21(19)29(24)37(32,33)18-8-5-16(6-9-18)27-23(25)30/h5-12H,13H2,1-4H3,(H3,25,27,30). The monoisotopic (exact) mass is 543 g/mol. The van der Waals surface area contributed by atoms with Gasteiger partial charge in [0, 0.05) is 29.1 Å². The van der Waals surface area contributed by atoms with Gasteiger partial charge >= 0.3 is 6.03 Å². The second-order valence-corrected chi connectivity index (χ2v) is 11.2. The molecule has 0 radical (unpaired) electrons. The van der Waals surface area contributed by atoms with Crippen LogP contribution in [-0.4, -0.2) is 46.8 Å². The Morgan fingerprint density at radius 3 is 2.43 bits per heavy atom. The minimum Gasteiger partial charge on any atom is -0.497 e. The first-order valence-corrected chi connectivity index (χ1v) is 13.7. The number of rotatable bonds is 8. The summed E-state index contributed by atoms with van der Waals surface area (Å²) in [6.45, 7) is 3.65. The molecule has 0 spiro atoms. The van der Waals surface area contributed by atoms with Gasteiger partial charge < -0.3 is 20.5 Å². The molecule has 2 heterocycles. The molecule has 1 unspecified atom stereocenters. The predicted octanol–water partition coefficient (Wildman–Crippen LogP) is 3.10. The van der Waals surface area contributed by atoms with Gasteiger partial charge in [-0.05, 0) is 50.2 Å². The highest BCUT2D eigenvalue weighted by atomic mass is 32.2. The summed E-state index contributed by atoms with van der Waals surface area (Å²) < 4.78 is 53.0. The molecule has 0 aliphatic carbocycles. The lowest BCUT2D eigenvalue weighted by molar-refractivity contribution is 0.259. The van der Waals surface area contributed by atoms with Gasteiger partial charge in [0.1, 0.15) is 11.5 Å². The first-order valence-electron chi connectivity index (χ1n) is 10.9. The zero-order valence-corrected chi connectivity index (χ0v) is 22.1. The van der Waals surface area contributed by atoms with Crippen LogP contribution in [0.1, 0.15) is 16.8 Å². The van der Waals surface area contributed by atoms with E-state index in [0.717, 1.165) is 9.54 Å². The number of carbonyl (C=O) groups excluding carboxylic acids is 1. The number of primary amides is 1. The van der Waals surface area contributed by atoms with Crippen LogP contribution in [-0.2, 0) is 26.6 Å². The number of aryl methyl sites for hydroxylation is 1. The summed E-state index contributed by atoms with van der Waals surface area (Å²) in [6.07, 6.45) is 1.62. The van der Waals surface area contributed by atoms with Gasteiger partial charge in [0.2, 0.25) is 5.16 Å². The van der Waals surface area contributed by atoms with Crippen molar-refractivity contribution in [3.63, 3.8) is 0 Å². The van der Waals surface area contributed by atoms with Crippen LogP contribution in [0.4, 0.5) is 10.5 Å². The fourth-order valence-electron chi connectivity index (χ4n) is 3.88. The third kappa shape index (κ3) is 5.00. The number of hydrogen-bond donors (Lipinski definition) is 2. The summed E-state index contributed by atoms with van der Waals surface area (Å²) in [5, 5.41) is 2.22. The molecule has 3 N–H and O–H groups in total. The summed E-state index contributed by atoms with van der Waals surface area (Å²) in [5.41, 5.74) is 8.01. The Hall–Kier alpha value is -3.97. The van der Waals surface area contributed by atoms with E-state index in [1.807, 2.05) is 6.92 Å². The summed E-state index contributed by atoms with van der Waals surface area (Å²) in [5.74, 6) is 0.945. The van der Waals surface area contributed by atoms with Gasteiger partial charge in [0.05, 0.1) is 52.4 Å². The van der Waals surface area contributed by atoms with Gasteiger partial charge in [-0.25, -0.2) is 22.2 Å². The lowest BCUT2D eigenvalue weighted by Crippen LogP contribution is -2.20. The number of ether oxygens (including phenoxy) is 2. The number of hydrogen-bond acceptors (Lipinski definition) is 8.